The monoisotopic (exact) mass is 254 g/mol. The van der Waals surface area contributed by atoms with Crippen LogP contribution in [0, 0.1) is 11.3 Å². The van der Waals surface area contributed by atoms with Crippen LogP contribution in [0.5, 0.6) is 11.6 Å². The van der Waals surface area contributed by atoms with E-state index in [0.717, 1.165) is 5.69 Å². The predicted molar refractivity (Wildman–Crippen MR) is 74.2 cm³/mol. The molecule has 0 fully saturated rings. The molecule has 2 aromatic rings. The molecule has 0 amide bonds. The lowest BCUT2D eigenvalue weighted by Gasteiger charge is -2.14. The second-order valence-electron chi connectivity index (χ2n) is 4.23. The van der Waals surface area contributed by atoms with Gasteiger partial charge in [-0.2, -0.15) is 5.26 Å². The Labute approximate surface area is 111 Å². The molecule has 1 aromatic heterocycles. The van der Waals surface area contributed by atoms with Crippen molar-refractivity contribution in [2.45, 2.75) is 0 Å². The third-order valence-corrected chi connectivity index (χ3v) is 2.54. The first-order valence-electron chi connectivity index (χ1n) is 5.71. The van der Waals surface area contributed by atoms with Crippen LogP contribution in [0.15, 0.2) is 36.5 Å². The first-order chi connectivity index (χ1) is 9.10. The number of nitriles is 1. The van der Waals surface area contributed by atoms with Crippen molar-refractivity contribution >= 4 is 11.4 Å². The fourth-order valence-corrected chi connectivity index (χ4v) is 1.57. The molecule has 0 spiro atoms. The maximum atomic E-state index is 9.03. The number of anilines is 2. The Morgan fingerprint density at radius 3 is 2.79 bits per heavy atom. The topological polar surface area (TPSA) is 75.2 Å². The lowest BCUT2D eigenvalue weighted by Crippen LogP contribution is -2.08. The van der Waals surface area contributed by atoms with Crippen LogP contribution in [0.1, 0.15) is 5.56 Å². The number of hydrogen-bond donors (Lipinski definition) is 1. The summed E-state index contributed by atoms with van der Waals surface area (Å²) in [5.41, 5.74) is 7.34. The molecular formula is C14H14N4O. The SMILES string of the molecule is CN(C)c1cccc(Oc2ncc(N)cc2C#N)c1. The van der Waals surface area contributed by atoms with Crippen molar-refractivity contribution in [2.75, 3.05) is 24.7 Å². The molecule has 0 radical (unpaired) electrons. The summed E-state index contributed by atoms with van der Waals surface area (Å²) in [6, 6.07) is 11.1. The van der Waals surface area contributed by atoms with Gasteiger partial charge < -0.3 is 15.4 Å². The van der Waals surface area contributed by atoms with E-state index in [1.165, 1.54) is 12.3 Å². The highest BCUT2D eigenvalue weighted by molar-refractivity contribution is 5.52. The lowest BCUT2D eigenvalue weighted by molar-refractivity contribution is 0.461. The van der Waals surface area contributed by atoms with Crippen LogP contribution in [-0.4, -0.2) is 19.1 Å². The molecule has 96 valence electrons. The molecule has 0 aliphatic rings. The van der Waals surface area contributed by atoms with Gasteiger partial charge in [0.1, 0.15) is 17.4 Å². The number of nitrogens with zero attached hydrogens (tertiary/aromatic N) is 3. The quantitative estimate of drug-likeness (QED) is 0.910. The molecule has 19 heavy (non-hydrogen) atoms. The number of benzene rings is 1. The third-order valence-electron chi connectivity index (χ3n) is 2.54. The minimum absolute atomic E-state index is 0.257. The molecule has 2 rings (SSSR count). The standard InChI is InChI=1S/C14H14N4O/c1-18(2)12-4-3-5-13(7-12)19-14-10(8-15)6-11(16)9-17-14/h3-7,9H,16H2,1-2H3. The van der Waals surface area contributed by atoms with Crippen molar-refractivity contribution in [3.63, 3.8) is 0 Å². The number of nitrogen functional groups attached to an aromatic ring is 1. The number of ether oxygens (including phenoxy) is 1. The highest BCUT2D eigenvalue weighted by atomic mass is 16.5. The summed E-state index contributed by atoms with van der Waals surface area (Å²) in [4.78, 5) is 6.00. The van der Waals surface area contributed by atoms with Crippen molar-refractivity contribution in [1.82, 2.24) is 4.98 Å². The van der Waals surface area contributed by atoms with Crippen LogP contribution in [0.4, 0.5) is 11.4 Å². The van der Waals surface area contributed by atoms with Crippen molar-refractivity contribution in [2.24, 2.45) is 0 Å². The minimum atomic E-state index is 0.257. The maximum absolute atomic E-state index is 9.03. The van der Waals surface area contributed by atoms with E-state index >= 15 is 0 Å². The smallest absolute Gasteiger partial charge is 0.237 e. The Kier molecular flexibility index (Phi) is 3.53. The van der Waals surface area contributed by atoms with Gasteiger partial charge in [-0.25, -0.2) is 4.98 Å². The Balaban J connectivity index is 2.31. The Hall–Kier alpha value is -2.74. The van der Waals surface area contributed by atoms with E-state index in [9.17, 15) is 0 Å². The van der Waals surface area contributed by atoms with Crippen molar-refractivity contribution < 1.29 is 4.74 Å². The van der Waals surface area contributed by atoms with E-state index in [0.29, 0.717) is 17.0 Å². The molecule has 0 saturated carbocycles. The fraction of sp³-hybridized carbons (Fsp3) is 0.143. The molecule has 5 nitrogen and oxygen atoms in total. The number of rotatable bonds is 3. The van der Waals surface area contributed by atoms with E-state index < -0.39 is 0 Å². The van der Waals surface area contributed by atoms with Gasteiger partial charge in [0.2, 0.25) is 5.88 Å². The summed E-state index contributed by atoms with van der Waals surface area (Å²) in [5, 5.41) is 9.03. The molecule has 5 heteroatoms. The molecule has 1 aromatic carbocycles. The number of hydrogen-bond acceptors (Lipinski definition) is 5. The average molecular weight is 254 g/mol. The highest BCUT2D eigenvalue weighted by Gasteiger charge is 2.07. The van der Waals surface area contributed by atoms with Gasteiger partial charge in [0.05, 0.1) is 11.9 Å². The Bertz CT molecular complexity index is 632. The summed E-state index contributed by atoms with van der Waals surface area (Å²) in [7, 11) is 3.89. The fourth-order valence-electron chi connectivity index (χ4n) is 1.57. The van der Waals surface area contributed by atoms with Crippen LogP contribution in [-0.2, 0) is 0 Å². The van der Waals surface area contributed by atoms with E-state index in [4.69, 9.17) is 15.7 Å². The molecule has 0 bridgehead atoms. The molecular weight excluding hydrogens is 240 g/mol. The normalized spacial score (nSPS) is 9.74. The van der Waals surface area contributed by atoms with Crippen molar-refractivity contribution in [1.29, 1.82) is 5.26 Å². The predicted octanol–water partition coefficient (Wildman–Crippen LogP) is 2.39. The van der Waals surface area contributed by atoms with Gasteiger partial charge in [-0.05, 0) is 18.2 Å². The van der Waals surface area contributed by atoms with Gasteiger partial charge in [-0.1, -0.05) is 6.07 Å². The molecule has 0 unspecified atom stereocenters. The second kappa shape index (κ2) is 5.27. The second-order valence-corrected chi connectivity index (χ2v) is 4.23. The van der Waals surface area contributed by atoms with Crippen molar-refractivity contribution in [3.05, 3.63) is 42.1 Å². The molecule has 0 aliphatic carbocycles. The summed E-state index contributed by atoms with van der Waals surface area (Å²) in [6.07, 6.45) is 1.46. The molecule has 0 atom stereocenters. The van der Waals surface area contributed by atoms with Gasteiger partial charge in [0, 0.05) is 25.8 Å². The first-order valence-corrected chi connectivity index (χ1v) is 5.71. The van der Waals surface area contributed by atoms with E-state index in [-0.39, 0.29) is 5.88 Å². The summed E-state index contributed by atoms with van der Waals surface area (Å²) < 4.78 is 5.63. The largest absolute Gasteiger partial charge is 0.438 e. The minimum Gasteiger partial charge on any atom is -0.438 e. The molecule has 2 N–H and O–H groups in total. The zero-order valence-corrected chi connectivity index (χ0v) is 10.8. The molecule has 1 heterocycles. The zero-order chi connectivity index (χ0) is 13.8. The van der Waals surface area contributed by atoms with Gasteiger partial charge in [0.25, 0.3) is 0 Å². The third kappa shape index (κ3) is 2.93. The lowest BCUT2D eigenvalue weighted by atomic mass is 10.2. The summed E-state index contributed by atoms with van der Waals surface area (Å²) >= 11 is 0. The van der Waals surface area contributed by atoms with Gasteiger partial charge in [-0.15, -0.1) is 0 Å². The van der Waals surface area contributed by atoms with Crippen LogP contribution < -0.4 is 15.4 Å². The van der Waals surface area contributed by atoms with Crippen LogP contribution >= 0.6 is 0 Å². The van der Waals surface area contributed by atoms with Crippen LogP contribution in [0.2, 0.25) is 0 Å². The molecule has 0 saturated heterocycles. The van der Waals surface area contributed by atoms with Gasteiger partial charge in [0.15, 0.2) is 0 Å². The van der Waals surface area contributed by atoms with E-state index in [1.807, 2.05) is 49.3 Å². The zero-order valence-electron chi connectivity index (χ0n) is 10.8. The number of pyridine rings is 1. The summed E-state index contributed by atoms with van der Waals surface area (Å²) in [5.74, 6) is 0.882. The Morgan fingerprint density at radius 1 is 1.32 bits per heavy atom. The van der Waals surface area contributed by atoms with Crippen LogP contribution in [0.3, 0.4) is 0 Å². The molecule has 0 aliphatic heterocycles. The average Bonchev–Trinajstić information content (AvgIpc) is 2.41. The van der Waals surface area contributed by atoms with Gasteiger partial charge >= 0.3 is 0 Å². The van der Waals surface area contributed by atoms with Gasteiger partial charge in [-0.3, -0.25) is 0 Å². The Morgan fingerprint density at radius 2 is 2.11 bits per heavy atom. The number of aromatic nitrogens is 1. The highest BCUT2D eigenvalue weighted by Crippen LogP contribution is 2.26. The van der Waals surface area contributed by atoms with E-state index in [1.54, 1.807) is 0 Å². The summed E-state index contributed by atoms with van der Waals surface area (Å²) in [6.45, 7) is 0. The maximum Gasteiger partial charge on any atom is 0.237 e. The first kappa shape index (κ1) is 12.7. The van der Waals surface area contributed by atoms with Crippen molar-refractivity contribution in [3.8, 4) is 17.7 Å². The number of nitrogens with two attached hydrogens (primary N) is 1. The van der Waals surface area contributed by atoms with Crippen LogP contribution in [0.25, 0.3) is 0 Å². The van der Waals surface area contributed by atoms with E-state index in [2.05, 4.69) is 4.98 Å².